The van der Waals surface area contributed by atoms with Crippen LogP contribution in [-0.4, -0.2) is 0 Å². The normalized spacial score (nSPS) is 67.9. The average Bonchev–Trinajstić information content (AvgIpc) is 3.15. The highest BCUT2D eigenvalue weighted by Gasteiger charge is 2.82. The zero-order chi connectivity index (χ0) is 14.7. The van der Waals surface area contributed by atoms with Crippen LogP contribution in [0.4, 0.5) is 0 Å². The topological polar surface area (TPSA) is 0 Å². The van der Waals surface area contributed by atoms with Gasteiger partial charge < -0.3 is 0 Å². The van der Waals surface area contributed by atoms with Crippen molar-refractivity contribution in [1.82, 2.24) is 0 Å². The Morgan fingerprint density at radius 3 is 2.36 bits per heavy atom. The lowest BCUT2D eigenvalue weighted by molar-refractivity contribution is -0.208. The van der Waals surface area contributed by atoms with Crippen molar-refractivity contribution in [3.8, 4) is 0 Å². The Labute approximate surface area is 136 Å². The first-order valence-electron chi connectivity index (χ1n) is 10.6. The van der Waals surface area contributed by atoms with Gasteiger partial charge in [-0.1, -0.05) is 26.7 Å². The molecule has 0 heteroatoms. The van der Waals surface area contributed by atoms with E-state index in [2.05, 4.69) is 13.8 Å². The van der Waals surface area contributed by atoms with Crippen LogP contribution in [0, 0.1) is 51.8 Å². The molecule has 0 heterocycles. The number of hydrogen-bond acceptors (Lipinski definition) is 0. The molecule has 22 heavy (non-hydrogen) atoms. The van der Waals surface area contributed by atoms with Crippen LogP contribution in [0.25, 0.3) is 0 Å². The molecule has 0 aromatic heterocycles. The molecule has 122 valence electrons. The summed E-state index contributed by atoms with van der Waals surface area (Å²) in [6.07, 6.45) is 17.5. The SMILES string of the molecule is C[C@@]12CCC3C4CC4[C@@]31[C@@H]1CCC3CCCC[C@]3(C)[C@@H]1CC2. The minimum absolute atomic E-state index is 0.740. The van der Waals surface area contributed by atoms with Gasteiger partial charge in [-0.25, -0.2) is 0 Å². The van der Waals surface area contributed by atoms with Gasteiger partial charge in [-0.3, -0.25) is 0 Å². The summed E-state index contributed by atoms with van der Waals surface area (Å²) < 4.78 is 0. The largest absolute Gasteiger partial charge is 0.0591 e. The second-order valence-corrected chi connectivity index (χ2v) is 10.9. The van der Waals surface area contributed by atoms with Crippen LogP contribution in [0.3, 0.4) is 0 Å². The first-order valence-corrected chi connectivity index (χ1v) is 10.6. The number of fused-ring (bicyclic) bond motifs is 5. The molecule has 0 aromatic carbocycles. The standard InChI is InChI=1S/C22H34/c1-20-11-8-16-15-13-19(15)22(16,20)18-7-6-14-5-3-4-10-21(14,2)17(18)9-12-20/h14-19H,3-13H2,1-2H3/t14?,15?,16?,17-,18-,19?,20+,21+,22+/m1/s1. The highest BCUT2D eigenvalue weighted by atomic mass is 14.9. The van der Waals surface area contributed by atoms with Crippen molar-refractivity contribution in [1.29, 1.82) is 0 Å². The molecular formula is C22H34. The first-order chi connectivity index (χ1) is 10.6. The van der Waals surface area contributed by atoms with Gasteiger partial charge in [0.25, 0.3) is 0 Å². The van der Waals surface area contributed by atoms with Gasteiger partial charge in [0.2, 0.25) is 0 Å². The molecule has 0 radical (unpaired) electrons. The van der Waals surface area contributed by atoms with E-state index in [0.717, 1.165) is 34.0 Å². The van der Waals surface area contributed by atoms with E-state index in [0.29, 0.717) is 0 Å². The van der Waals surface area contributed by atoms with Crippen molar-refractivity contribution < 1.29 is 0 Å². The van der Waals surface area contributed by atoms with Gasteiger partial charge in [-0.05, 0) is 110 Å². The molecule has 6 aliphatic carbocycles. The molecule has 0 nitrogen and oxygen atoms in total. The van der Waals surface area contributed by atoms with E-state index < -0.39 is 0 Å². The summed E-state index contributed by atoms with van der Waals surface area (Å²) in [5.74, 6) is 6.93. The zero-order valence-corrected chi connectivity index (χ0v) is 14.7. The molecule has 6 saturated carbocycles. The van der Waals surface area contributed by atoms with Crippen LogP contribution < -0.4 is 0 Å². The fraction of sp³-hybridized carbons (Fsp3) is 1.00. The number of rotatable bonds is 0. The summed E-state index contributed by atoms with van der Waals surface area (Å²) in [4.78, 5) is 0. The van der Waals surface area contributed by atoms with Gasteiger partial charge in [0.1, 0.15) is 0 Å². The molecule has 0 saturated heterocycles. The lowest BCUT2D eigenvalue weighted by Crippen LogP contribution is -2.63. The van der Waals surface area contributed by atoms with Crippen LogP contribution >= 0.6 is 0 Å². The summed E-state index contributed by atoms with van der Waals surface area (Å²) in [7, 11) is 0. The minimum atomic E-state index is 0.740. The molecule has 0 amide bonds. The Bertz CT molecular complexity index is 522. The molecule has 0 bridgehead atoms. The highest BCUT2D eigenvalue weighted by molar-refractivity contribution is 5.30. The predicted octanol–water partition coefficient (Wildman–Crippen LogP) is 6.06. The third kappa shape index (κ3) is 1.19. The fourth-order valence-corrected chi connectivity index (χ4v) is 10.1. The zero-order valence-electron chi connectivity index (χ0n) is 14.7. The third-order valence-corrected chi connectivity index (χ3v) is 10.9. The third-order valence-electron chi connectivity index (χ3n) is 10.9. The van der Waals surface area contributed by atoms with E-state index in [1.54, 1.807) is 57.8 Å². The molecule has 6 aliphatic rings. The van der Waals surface area contributed by atoms with Gasteiger partial charge in [-0.15, -0.1) is 0 Å². The van der Waals surface area contributed by atoms with Crippen LogP contribution in [-0.2, 0) is 0 Å². The van der Waals surface area contributed by atoms with Crippen LogP contribution in [0.2, 0.25) is 0 Å². The fourth-order valence-electron chi connectivity index (χ4n) is 10.1. The minimum Gasteiger partial charge on any atom is -0.0591 e. The van der Waals surface area contributed by atoms with Crippen molar-refractivity contribution in [2.75, 3.05) is 0 Å². The lowest BCUT2D eigenvalue weighted by Gasteiger charge is -2.69. The van der Waals surface area contributed by atoms with Crippen LogP contribution in [0.1, 0.15) is 84.5 Å². The van der Waals surface area contributed by atoms with E-state index in [-0.39, 0.29) is 0 Å². The van der Waals surface area contributed by atoms with Crippen molar-refractivity contribution >= 4 is 0 Å². The van der Waals surface area contributed by atoms with Crippen LogP contribution in [0.5, 0.6) is 0 Å². The molecule has 0 aliphatic heterocycles. The maximum absolute atomic E-state index is 2.75. The molecule has 1 spiro atoms. The Balaban J connectivity index is 1.45. The van der Waals surface area contributed by atoms with E-state index in [4.69, 9.17) is 0 Å². The lowest BCUT2D eigenvalue weighted by atomic mass is 9.36. The predicted molar refractivity (Wildman–Crippen MR) is 90.4 cm³/mol. The quantitative estimate of drug-likeness (QED) is 0.510. The van der Waals surface area contributed by atoms with Gasteiger partial charge >= 0.3 is 0 Å². The highest BCUT2D eigenvalue weighted by Crippen LogP contribution is 2.88. The summed E-state index contributed by atoms with van der Waals surface area (Å²) >= 11 is 0. The Kier molecular flexibility index (Phi) is 2.30. The molecule has 6 fully saturated rings. The summed E-state index contributed by atoms with van der Waals surface area (Å²) in [5.41, 5.74) is 2.35. The second-order valence-electron chi connectivity index (χ2n) is 10.9. The maximum Gasteiger partial charge on any atom is -0.0150 e. The summed E-state index contributed by atoms with van der Waals surface area (Å²) in [5, 5.41) is 0. The molecule has 0 aromatic rings. The monoisotopic (exact) mass is 298 g/mol. The first kappa shape index (κ1) is 13.3. The molecular weight excluding hydrogens is 264 g/mol. The summed E-state index contributed by atoms with van der Waals surface area (Å²) in [6, 6.07) is 0. The van der Waals surface area contributed by atoms with Gasteiger partial charge in [0, 0.05) is 0 Å². The Hall–Kier alpha value is 0. The van der Waals surface area contributed by atoms with E-state index in [9.17, 15) is 0 Å². The van der Waals surface area contributed by atoms with E-state index in [1.165, 1.54) is 30.6 Å². The van der Waals surface area contributed by atoms with Gasteiger partial charge in [0.15, 0.2) is 0 Å². The van der Waals surface area contributed by atoms with Crippen molar-refractivity contribution in [3.63, 3.8) is 0 Å². The number of hydrogen-bond donors (Lipinski definition) is 0. The Morgan fingerprint density at radius 1 is 0.682 bits per heavy atom. The van der Waals surface area contributed by atoms with Crippen molar-refractivity contribution in [2.45, 2.75) is 84.5 Å². The Morgan fingerprint density at radius 2 is 1.50 bits per heavy atom. The van der Waals surface area contributed by atoms with Crippen molar-refractivity contribution in [2.24, 2.45) is 51.8 Å². The van der Waals surface area contributed by atoms with E-state index in [1.807, 2.05) is 0 Å². The smallest absolute Gasteiger partial charge is 0.0150 e. The van der Waals surface area contributed by atoms with Gasteiger partial charge in [0.05, 0.1) is 0 Å². The van der Waals surface area contributed by atoms with Gasteiger partial charge in [-0.2, -0.15) is 0 Å². The maximum atomic E-state index is 2.75. The molecule has 0 N–H and O–H groups in total. The molecule has 9 atom stereocenters. The summed E-state index contributed by atoms with van der Waals surface area (Å²) in [6.45, 7) is 5.49. The van der Waals surface area contributed by atoms with Crippen LogP contribution in [0.15, 0.2) is 0 Å². The second kappa shape index (κ2) is 3.80. The molecule has 6 rings (SSSR count). The van der Waals surface area contributed by atoms with E-state index >= 15 is 0 Å². The van der Waals surface area contributed by atoms with Crippen molar-refractivity contribution in [3.05, 3.63) is 0 Å². The average molecular weight is 299 g/mol. The molecule has 4 unspecified atom stereocenters.